The summed E-state index contributed by atoms with van der Waals surface area (Å²) in [5, 5.41) is 0.444. The van der Waals surface area contributed by atoms with Crippen molar-refractivity contribution in [1.29, 1.82) is 0 Å². The van der Waals surface area contributed by atoms with Gasteiger partial charge in [-0.25, -0.2) is 4.98 Å². The highest BCUT2D eigenvalue weighted by atomic mass is 35.5. The molecule has 1 aliphatic heterocycles. The molecule has 3 rings (SSSR count). The monoisotopic (exact) mass is 340 g/mol. The fraction of sp³-hybridized carbons (Fsp3) is 0.300. The van der Waals surface area contributed by atoms with Gasteiger partial charge in [0.2, 0.25) is 0 Å². The fourth-order valence-electron chi connectivity index (χ4n) is 3.22. The zero-order valence-corrected chi connectivity index (χ0v) is 15.0. The minimum absolute atomic E-state index is 0.0525. The van der Waals surface area contributed by atoms with Gasteiger partial charge in [-0.1, -0.05) is 53.6 Å². The van der Waals surface area contributed by atoms with E-state index in [4.69, 9.17) is 11.6 Å². The normalized spacial score (nSPS) is 15.8. The third-order valence-electron chi connectivity index (χ3n) is 4.68. The third-order valence-corrected chi connectivity index (χ3v) is 4.89. The summed E-state index contributed by atoms with van der Waals surface area (Å²) >= 11 is 6.05. The summed E-state index contributed by atoms with van der Waals surface area (Å²) in [7, 11) is 0. The number of benzene rings is 1. The number of halogens is 1. The average molecular weight is 341 g/mol. The van der Waals surface area contributed by atoms with Crippen LogP contribution in [0.15, 0.2) is 54.1 Å². The standard InChI is InChI=1S/C20H21ClN2O/c1-14-12-13-23(19(24)18(14)15-8-5-4-6-9-15)20(2,3)16-10-7-11-17(21)22-16/h4-11H,12-13H2,1-3H3. The van der Waals surface area contributed by atoms with Crippen molar-refractivity contribution in [3.8, 4) is 0 Å². The lowest BCUT2D eigenvalue weighted by Gasteiger charge is -2.41. The largest absolute Gasteiger partial charge is 0.328 e. The minimum atomic E-state index is -0.525. The first kappa shape index (κ1) is 16.7. The molecule has 24 heavy (non-hydrogen) atoms. The Labute approximate surface area is 148 Å². The molecule has 3 nitrogen and oxygen atoms in total. The highest BCUT2D eigenvalue weighted by Gasteiger charge is 2.38. The van der Waals surface area contributed by atoms with E-state index in [1.807, 2.05) is 68.1 Å². The second-order valence-electron chi connectivity index (χ2n) is 6.63. The number of pyridine rings is 1. The molecule has 124 valence electrons. The molecule has 1 aromatic heterocycles. The van der Waals surface area contributed by atoms with Crippen LogP contribution in [0, 0.1) is 0 Å². The summed E-state index contributed by atoms with van der Waals surface area (Å²) in [5.41, 5.74) is 3.19. The number of hydrogen-bond acceptors (Lipinski definition) is 2. The third kappa shape index (κ3) is 2.96. The first-order valence-corrected chi connectivity index (χ1v) is 8.49. The van der Waals surface area contributed by atoms with E-state index in [1.165, 1.54) is 0 Å². The molecule has 0 N–H and O–H groups in total. The molecule has 0 radical (unpaired) electrons. The van der Waals surface area contributed by atoms with Crippen molar-refractivity contribution >= 4 is 23.1 Å². The Morgan fingerprint density at radius 1 is 1.08 bits per heavy atom. The summed E-state index contributed by atoms with van der Waals surface area (Å²) in [4.78, 5) is 19.6. The Morgan fingerprint density at radius 2 is 1.79 bits per heavy atom. The molecule has 0 fully saturated rings. The predicted molar refractivity (Wildman–Crippen MR) is 97.6 cm³/mol. The van der Waals surface area contributed by atoms with E-state index >= 15 is 0 Å². The average Bonchev–Trinajstić information content (AvgIpc) is 2.55. The first-order chi connectivity index (χ1) is 11.4. The second kappa shape index (κ2) is 6.40. The van der Waals surface area contributed by atoms with Gasteiger partial charge in [-0.2, -0.15) is 0 Å². The Morgan fingerprint density at radius 3 is 2.46 bits per heavy atom. The van der Waals surface area contributed by atoms with E-state index < -0.39 is 5.54 Å². The van der Waals surface area contributed by atoms with Gasteiger partial charge in [0.1, 0.15) is 5.15 Å². The van der Waals surface area contributed by atoms with Crippen LogP contribution < -0.4 is 0 Å². The van der Waals surface area contributed by atoms with E-state index in [0.717, 1.165) is 28.8 Å². The van der Waals surface area contributed by atoms with Crippen LogP contribution >= 0.6 is 11.6 Å². The van der Waals surface area contributed by atoms with Crippen LogP contribution in [0.2, 0.25) is 5.15 Å². The lowest BCUT2D eigenvalue weighted by molar-refractivity contribution is -0.131. The minimum Gasteiger partial charge on any atom is -0.328 e. The van der Waals surface area contributed by atoms with Gasteiger partial charge < -0.3 is 4.90 Å². The highest BCUT2D eigenvalue weighted by Crippen LogP contribution is 2.35. The topological polar surface area (TPSA) is 33.2 Å². The molecule has 0 bridgehead atoms. The molecule has 1 amide bonds. The molecule has 0 aliphatic carbocycles. The molecule has 0 spiro atoms. The summed E-state index contributed by atoms with van der Waals surface area (Å²) < 4.78 is 0. The molecule has 4 heteroatoms. The Hall–Kier alpha value is -2.13. The quantitative estimate of drug-likeness (QED) is 0.760. The first-order valence-electron chi connectivity index (χ1n) is 8.11. The maximum Gasteiger partial charge on any atom is 0.255 e. The lowest BCUT2D eigenvalue weighted by Crippen LogP contribution is -2.48. The SMILES string of the molecule is CC1=C(c2ccccc2)C(=O)N(C(C)(C)c2cccc(Cl)n2)CC1. The highest BCUT2D eigenvalue weighted by molar-refractivity contribution is 6.29. The van der Waals surface area contributed by atoms with Gasteiger partial charge >= 0.3 is 0 Å². The smallest absolute Gasteiger partial charge is 0.255 e. The number of aromatic nitrogens is 1. The van der Waals surface area contributed by atoms with Crippen LogP contribution in [0.3, 0.4) is 0 Å². The Kier molecular flexibility index (Phi) is 4.46. The summed E-state index contributed by atoms with van der Waals surface area (Å²) in [6.45, 7) is 6.77. The molecule has 0 saturated heterocycles. The van der Waals surface area contributed by atoms with Crippen molar-refractivity contribution in [2.45, 2.75) is 32.7 Å². The van der Waals surface area contributed by atoms with Crippen LogP contribution in [0.25, 0.3) is 5.57 Å². The number of nitrogens with zero attached hydrogens (tertiary/aromatic N) is 2. The van der Waals surface area contributed by atoms with Crippen molar-refractivity contribution in [1.82, 2.24) is 9.88 Å². The molecule has 1 aromatic carbocycles. The van der Waals surface area contributed by atoms with Crippen molar-refractivity contribution in [2.75, 3.05) is 6.54 Å². The van der Waals surface area contributed by atoms with Gasteiger partial charge in [-0.05, 0) is 44.9 Å². The van der Waals surface area contributed by atoms with E-state index in [2.05, 4.69) is 4.98 Å². The van der Waals surface area contributed by atoms with E-state index in [9.17, 15) is 4.79 Å². The van der Waals surface area contributed by atoms with Gasteiger partial charge in [-0.3, -0.25) is 4.79 Å². The van der Waals surface area contributed by atoms with E-state index in [-0.39, 0.29) is 5.91 Å². The zero-order chi connectivity index (χ0) is 17.3. The maximum atomic E-state index is 13.2. The molecule has 0 atom stereocenters. The molecule has 1 aliphatic rings. The second-order valence-corrected chi connectivity index (χ2v) is 7.02. The molecule has 2 aromatic rings. The molecule has 2 heterocycles. The number of rotatable bonds is 3. The van der Waals surface area contributed by atoms with Gasteiger partial charge in [0.05, 0.1) is 11.2 Å². The van der Waals surface area contributed by atoms with E-state index in [1.54, 1.807) is 6.07 Å². The van der Waals surface area contributed by atoms with Crippen LogP contribution in [0.5, 0.6) is 0 Å². The Bertz CT molecular complexity index is 796. The summed E-state index contributed by atoms with van der Waals surface area (Å²) in [5.74, 6) is 0.0525. The molecule has 0 unspecified atom stereocenters. The number of amides is 1. The molecular weight excluding hydrogens is 320 g/mol. The van der Waals surface area contributed by atoms with Crippen LogP contribution in [0.1, 0.15) is 38.4 Å². The number of carbonyl (C=O) groups is 1. The maximum absolute atomic E-state index is 13.2. The van der Waals surface area contributed by atoms with Crippen molar-refractivity contribution in [3.05, 3.63) is 70.5 Å². The van der Waals surface area contributed by atoms with Crippen LogP contribution in [0.4, 0.5) is 0 Å². The van der Waals surface area contributed by atoms with Crippen molar-refractivity contribution < 1.29 is 4.79 Å². The molecule has 0 saturated carbocycles. The molecular formula is C20H21ClN2O. The zero-order valence-electron chi connectivity index (χ0n) is 14.2. The van der Waals surface area contributed by atoms with Crippen LogP contribution in [-0.2, 0) is 10.3 Å². The summed E-state index contributed by atoms with van der Waals surface area (Å²) in [6.07, 6.45) is 0.861. The van der Waals surface area contributed by atoms with Gasteiger partial charge in [0.15, 0.2) is 0 Å². The van der Waals surface area contributed by atoms with Gasteiger partial charge in [0, 0.05) is 12.1 Å². The van der Waals surface area contributed by atoms with Crippen molar-refractivity contribution in [2.24, 2.45) is 0 Å². The lowest BCUT2D eigenvalue weighted by atomic mass is 9.89. The number of hydrogen-bond donors (Lipinski definition) is 0. The van der Waals surface area contributed by atoms with Gasteiger partial charge in [0.25, 0.3) is 5.91 Å². The fourth-order valence-corrected chi connectivity index (χ4v) is 3.38. The summed E-state index contributed by atoms with van der Waals surface area (Å²) in [6, 6.07) is 15.4. The number of carbonyl (C=O) groups excluding carboxylic acids is 1. The predicted octanol–water partition coefficient (Wildman–Crippen LogP) is 4.68. The van der Waals surface area contributed by atoms with Gasteiger partial charge in [-0.15, -0.1) is 0 Å². The van der Waals surface area contributed by atoms with E-state index in [0.29, 0.717) is 11.7 Å². The van der Waals surface area contributed by atoms with Crippen LogP contribution in [-0.4, -0.2) is 22.3 Å². The van der Waals surface area contributed by atoms with Crippen molar-refractivity contribution in [3.63, 3.8) is 0 Å². The Balaban J connectivity index is 2.00.